The van der Waals surface area contributed by atoms with Gasteiger partial charge in [0.05, 0.1) is 0 Å². The van der Waals surface area contributed by atoms with E-state index in [1.54, 1.807) is 6.92 Å². The van der Waals surface area contributed by atoms with Crippen LogP contribution in [-0.2, 0) is 4.79 Å². The van der Waals surface area contributed by atoms with Crippen LogP contribution in [0.2, 0.25) is 0 Å². The molecule has 0 aromatic carbocycles. The number of nitrogens with zero attached hydrogens (tertiary/aromatic N) is 1. The Morgan fingerprint density at radius 2 is 1.80 bits per heavy atom. The van der Waals surface area contributed by atoms with Gasteiger partial charge in [-0.3, -0.25) is 4.79 Å². The molecule has 2 bridgehead atoms. The molecule has 0 radical (unpaired) electrons. The van der Waals surface area contributed by atoms with Crippen molar-refractivity contribution in [3.8, 4) is 0 Å². The quantitative estimate of drug-likeness (QED) is 0.842. The molecule has 0 aromatic heterocycles. The summed E-state index contributed by atoms with van der Waals surface area (Å²) in [5, 5.41) is 4.00. The minimum atomic E-state index is 0.232. The van der Waals surface area contributed by atoms with Crippen molar-refractivity contribution in [3.05, 3.63) is 0 Å². The summed E-state index contributed by atoms with van der Waals surface area (Å²) in [5.74, 6) is 1.14. The first kappa shape index (κ1) is 14.4. The summed E-state index contributed by atoms with van der Waals surface area (Å²) in [6.45, 7) is 11.0. The average Bonchev–Trinajstić information content (AvgIpc) is 2.86. The standard InChI is InChI=1S/C17H30N2O/c1-12(20)19-9-6-14(7-10-19)18-15-16(2,3)13-5-8-17(15,4)11-13/h13-15,18H,5-11H2,1-4H3. The number of likely N-dealkylation sites (tertiary alicyclic amines) is 1. The lowest BCUT2D eigenvalue weighted by molar-refractivity contribution is -0.130. The van der Waals surface area contributed by atoms with E-state index >= 15 is 0 Å². The number of amides is 1. The van der Waals surface area contributed by atoms with Gasteiger partial charge in [-0.05, 0) is 48.9 Å². The van der Waals surface area contributed by atoms with Gasteiger partial charge in [0, 0.05) is 32.1 Å². The highest BCUT2D eigenvalue weighted by molar-refractivity contribution is 5.73. The number of hydrogen-bond donors (Lipinski definition) is 1. The van der Waals surface area contributed by atoms with Crippen molar-refractivity contribution in [1.82, 2.24) is 10.2 Å². The lowest BCUT2D eigenvalue weighted by atomic mass is 9.68. The van der Waals surface area contributed by atoms with Crippen LogP contribution in [0.4, 0.5) is 0 Å². The van der Waals surface area contributed by atoms with Gasteiger partial charge < -0.3 is 10.2 Å². The zero-order valence-corrected chi connectivity index (χ0v) is 13.5. The van der Waals surface area contributed by atoms with E-state index in [9.17, 15) is 4.79 Å². The summed E-state index contributed by atoms with van der Waals surface area (Å²) in [5.41, 5.74) is 0.941. The van der Waals surface area contributed by atoms with Gasteiger partial charge in [0.25, 0.3) is 0 Å². The molecule has 1 saturated heterocycles. The Balaban J connectivity index is 1.63. The van der Waals surface area contributed by atoms with Crippen LogP contribution in [0.25, 0.3) is 0 Å². The van der Waals surface area contributed by atoms with Gasteiger partial charge in [0.2, 0.25) is 5.91 Å². The van der Waals surface area contributed by atoms with E-state index in [2.05, 4.69) is 26.1 Å². The van der Waals surface area contributed by atoms with Gasteiger partial charge in [0.1, 0.15) is 0 Å². The molecule has 3 nitrogen and oxygen atoms in total. The van der Waals surface area contributed by atoms with Crippen molar-refractivity contribution >= 4 is 5.91 Å². The first-order valence-corrected chi connectivity index (χ1v) is 8.34. The number of carbonyl (C=O) groups excluding carboxylic acids is 1. The zero-order chi connectivity index (χ0) is 14.5. The molecular weight excluding hydrogens is 248 g/mol. The van der Waals surface area contributed by atoms with E-state index < -0.39 is 0 Å². The van der Waals surface area contributed by atoms with E-state index in [1.165, 1.54) is 19.3 Å². The number of fused-ring (bicyclic) bond motifs is 2. The van der Waals surface area contributed by atoms with Crippen molar-refractivity contribution in [1.29, 1.82) is 0 Å². The molecule has 3 rings (SSSR count). The van der Waals surface area contributed by atoms with Crippen molar-refractivity contribution in [3.63, 3.8) is 0 Å². The van der Waals surface area contributed by atoms with E-state index in [-0.39, 0.29) is 5.91 Å². The molecular formula is C17H30N2O. The molecule has 0 aromatic rings. The summed E-state index contributed by atoms with van der Waals surface area (Å²) < 4.78 is 0. The molecule has 1 N–H and O–H groups in total. The molecule has 20 heavy (non-hydrogen) atoms. The highest BCUT2D eigenvalue weighted by atomic mass is 16.2. The lowest BCUT2D eigenvalue weighted by Gasteiger charge is -2.46. The molecule has 0 spiro atoms. The second-order valence-corrected chi connectivity index (χ2v) is 8.30. The van der Waals surface area contributed by atoms with E-state index in [0.717, 1.165) is 31.8 Å². The van der Waals surface area contributed by atoms with Gasteiger partial charge in [-0.15, -0.1) is 0 Å². The molecule has 1 amide bonds. The number of hydrogen-bond acceptors (Lipinski definition) is 2. The second-order valence-electron chi connectivity index (χ2n) is 8.30. The van der Waals surface area contributed by atoms with Gasteiger partial charge in [0.15, 0.2) is 0 Å². The molecule has 2 aliphatic carbocycles. The molecule has 1 aliphatic heterocycles. The fourth-order valence-electron chi connectivity index (χ4n) is 5.31. The zero-order valence-electron chi connectivity index (χ0n) is 13.5. The average molecular weight is 278 g/mol. The second kappa shape index (κ2) is 4.72. The highest BCUT2D eigenvalue weighted by Crippen LogP contribution is 2.62. The maximum absolute atomic E-state index is 11.4. The molecule has 3 heteroatoms. The molecule has 114 valence electrons. The maximum Gasteiger partial charge on any atom is 0.219 e. The van der Waals surface area contributed by atoms with Crippen molar-refractivity contribution < 1.29 is 4.79 Å². The Bertz CT molecular complexity index is 393. The minimum Gasteiger partial charge on any atom is -0.343 e. The highest BCUT2D eigenvalue weighted by Gasteiger charge is 2.59. The monoisotopic (exact) mass is 278 g/mol. The number of rotatable bonds is 2. The Morgan fingerprint density at radius 3 is 2.30 bits per heavy atom. The van der Waals surface area contributed by atoms with Crippen LogP contribution in [0.1, 0.15) is 59.8 Å². The lowest BCUT2D eigenvalue weighted by Crippen LogP contribution is -2.56. The van der Waals surface area contributed by atoms with Crippen molar-refractivity contribution in [2.45, 2.75) is 71.9 Å². The van der Waals surface area contributed by atoms with Crippen LogP contribution in [-0.4, -0.2) is 36.0 Å². The van der Waals surface area contributed by atoms with Crippen LogP contribution in [0.3, 0.4) is 0 Å². The fourth-order valence-corrected chi connectivity index (χ4v) is 5.31. The smallest absolute Gasteiger partial charge is 0.219 e. The van der Waals surface area contributed by atoms with Crippen molar-refractivity contribution in [2.24, 2.45) is 16.7 Å². The van der Waals surface area contributed by atoms with Crippen molar-refractivity contribution in [2.75, 3.05) is 13.1 Å². The maximum atomic E-state index is 11.4. The Kier molecular flexibility index (Phi) is 3.39. The molecule has 3 fully saturated rings. The molecule has 1 heterocycles. The Labute approximate surface area is 123 Å². The SMILES string of the molecule is CC(=O)N1CCC(NC2C3(C)CCC(C3)C2(C)C)CC1. The summed E-state index contributed by atoms with van der Waals surface area (Å²) in [6, 6.07) is 1.26. The van der Waals surface area contributed by atoms with Crippen LogP contribution in [0.15, 0.2) is 0 Å². The summed E-state index contributed by atoms with van der Waals surface area (Å²) in [7, 11) is 0. The van der Waals surface area contributed by atoms with E-state index in [4.69, 9.17) is 0 Å². The first-order valence-electron chi connectivity index (χ1n) is 8.34. The largest absolute Gasteiger partial charge is 0.343 e. The molecule has 2 saturated carbocycles. The minimum absolute atomic E-state index is 0.232. The van der Waals surface area contributed by atoms with Gasteiger partial charge in [-0.1, -0.05) is 20.8 Å². The van der Waals surface area contributed by atoms with Crippen LogP contribution in [0.5, 0.6) is 0 Å². The van der Waals surface area contributed by atoms with Crippen LogP contribution >= 0.6 is 0 Å². The first-order chi connectivity index (χ1) is 9.33. The summed E-state index contributed by atoms with van der Waals surface area (Å²) >= 11 is 0. The molecule has 3 aliphatic rings. The summed E-state index contributed by atoms with van der Waals surface area (Å²) in [6.07, 6.45) is 6.46. The van der Waals surface area contributed by atoms with E-state index in [1.807, 2.05) is 4.90 Å². The third-order valence-corrected chi connectivity index (χ3v) is 6.61. The number of piperidine rings is 1. The van der Waals surface area contributed by atoms with Gasteiger partial charge in [-0.2, -0.15) is 0 Å². The molecule has 3 atom stereocenters. The summed E-state index contributed by atoms with van der Waals surface area (Å²) in [4.78, 5) is 13.4. The normalized spacial score (nSPS) is 40.3. The Hall–Kier alpha value is -0.570. The van der Waals surface area contributed by atoms with Gasteiger partial charge >= 0.3 is 0 Å². The predicted octanol–water partition coefficient (Wildman–Crippen LogP) is 2.80. The fraction of sp³-hybridized carbons (Fsp3) is 0.941. The third-order valence-electron chi connectivity index (χ3n) is 6.61. The molecule has 3 unspecified atom stereocenters. The topological polar surface area (TPSA) is 32.3 Å². The van der Waals surface area contributed by atoms with Crippen LogP contribution in [0, 0.1) is 16.7 Å². The third kappa shape index (κ3) is 2.18. The van der Waals surface area contributed by atoms with E-state index in [0.29, 0.717) is 22.9 Å². The predicted molar refractivity (Wildman–Crippen MR) is 81.4 cm³/mol. The number of carbonyl (C=O) groups is 1. The number of nitrogens with one attached hydrogen (secondary N) is 1. The van der Waals surface area contributed by atoms with Gasteiger partial charge in [-0.25, -0.2) is 0 Å². The Morgan fingerprint density at radius 1 is 1.15 bits per heavy atom. The van der Waals surface area contributed by atoms with Crippen LogP contribution < -0.4 is 5.32 Å².